The van der Waals surface area contributed by atoms with Crippen LogP contribution in [-0.4, -0.2) is 31.3 Å². The first-order chi connectivity index (χ1) is 9.96. The van der Waals surface area contributed by atoms with Gasteiger partial charge in [-0.2, -0.15) is 0 Å². The van der Waals surface area contributed by atoms with Crippen molar-refractivity contribution in [2.75, 3.05) is 0 Å². The van der Waals surface area contributed by atoms with Gasteiger partial charge in [0, 0.05) is 5.92 Å². The number of nitrogens with zero attached hydrogens (tertiary/aromatic N) is 4. The van der Waals surface area contributed by atoms with Gasteiger partial charge in [-0.05, 0) is 80.0 Å². The summed E-state index contributed by atoms with van der Waals surface area (Å²) in [6.07, 6.45) is 6.51. The van der Waals surface area contributed by atoms with Gasteiger partial charge in [0.05, 0.1) is 0 Å². The molecule has 0 unspecified atom stereocenters. The average Bonchev–Trinajstić information content (AvgIpc) is 2.87. The zero-order valence-corrected chi connectivity index (χ0v) is 12.6. The number of rotatable bonds is 3. The summed E-state index contributed by atoms with van der Waals surface area (Å²) < 4.78 is 1.56. The van der Waals surface area contributed by atoms with Crippen molar-refractivity contribution in [1.82, 2.24) is 20.2 Å². The highest BCUT2D eigenvalue weighted by atomic mass is 16.4. The highest BCUT2D eigenvalue weighted by molar-refractivity contribution is 5.75. The largest absolute Gasteiger partial charge is 0.479 e. The third-order valence-electron chi connectivity index (χ3n) is 6.07. The minimum absolute atomic E-state index is 0.353. The molecular formula is C15H22N4O2. The summed E-state index contributed by atoms with van der Waals surface area (Å²) in [6, 6.07) is 0. The van der Waals surface area contributed by atoms with E-state index in [0.29, 0.717) is 17.8 Å². The Balaban J connectivity index is 1.72. The van der Waals surface area contributed by atoms with E-state index in [4.69, 9.17) is 0 Å². The number of carboxylic acid groups (broad SMARTS) is 1. The molecule has 4 aliphatic rings. The molecule has 0 aliphatic heterocycles. The molecule has 0 saturated heterocycles. The Kier molecular flexibility index (Phi) is 2.69. The SMILES string of the molecule is CC(C)(C(=O)O)n1nnnc1C1C2CC3CC(C2)CC1C3. The molecular weight excluding hydrogens is 268 g/mol. The lowest BCUT2D eigenvalue weighted by atomic mass is 9.51. The molecule has 0 radical (unpaired) electrons. The van der Waals surface area contributed by atoms with Gasteiger partial charge in [-0.25, -0.2) is 9.48 Å². The highest BCUT2D eigenvalue weighted by Crippen LogP contribution is 2.59. The Bertz CT molecular complexity index is 552. The molecule has 0 atom stereocenters. The van der Waals surface area contributed by atoms with E-state index in [2.05, 4.69) is 15.5 Å². The molecule has 4 fully saturated rings. The van der Waals surface area contributed by atoms with Crippen molar-refractivity contribution in [3.05, 3.63) is 5.82 Å². The third-order valence-corrected chi connectivity index (χ3v) is 6.07. The topological polar surface area (TPSA) is 80.9 Å². The lowest BCUT2D eigenvalue weighted by molar-refractivity contribution is -0.146. The Morgan fingerprint density at radius 2 is 1.71 bits per heavy atom. The quantitative estimate of drug-likeness (QED) is 0.921. The lowest BCUT2D eigenvalue weighted by Crippen LogP contribution is -2.46. The fourth-order valence-corrected chi connectivity index (χ4v) is 5.24. The molecule has 114 valence electrons. The lowest BCUT2D eigenvalue weighted by Gasteiger charge is -2.54. The van der Waals surface area contributed by atoms with Crippen molar-refractivity contribution in [2.45, 2.75) is 57.4 Å². The first-order valence-electron chi connectivity index (χ1n) is 7.99. The summed E-state index contributed by atoms with van der Waals surface area (Å²) in [4.78, 5) is 11.5. The van der Waals surface area contributed by atoms with E-state index >= 15 is 0 Å². The van der Waals surface area contributed by atoms with E-state index in [0.717, 1.165) is 17.7 Å². The van der Waals surface area contributed by atoms with Crippen molar-refractivity contribution in [3.63, 3.8) is 0 Å². The van der Waals surface area contributed by atoms with Crippen LogP contribution in [-0.2, 0) is 10.3 Å². The maximum atomic E-state index is 11.5. The number of carbonyl (C=O) groups is 1. The molecule has 0 aromatic carbocycles. The van der Waals surface area contributed by atoms with Crippen LogP contribution in [0.4, 0.5) is 0 Å². The second-order valence-corrected chi connectivity index (χ2v) is 7.77. The summed E-state index contributed by atoms with van der Waals surface area (Å²) in [5, 5.41) is 21.5. The van der Waals surface area contributed by atoms with E-state index in [9.17, 15) is 9.90 Å². The third kappa shape index (κ3) is 1.84. The van der Waals surface area contributed by atoms with Crippen LogP contribution in [0.1, 0.15) is 57.7 Å². The van der Waals surface area contributed by atoms with E-state index in [1.54, 1.807) is 18.5 Å². The molecule has 4 aliphatic carbocycles. The highest BCUT2D eigenvalue weighted by Gasteiger charge is 2.51. The maximum absolute atomic E-state index is 11.5. The summed E-state index contributed by atoms with van der Waals surface area (Å²) in [5.74, 6) is 3.34. The van der Waals surface area contributed by atoms with Gasteiger partial charge in [0.2, 0.25) is 0 Å². The minimum atomic E-state index is -1.09. The molecule has 0 amide bonds. The van der Waals surface area contributed by atoms with E-state index < -0.39 is 11.5 Å². The molecule has 0 spiro atoms. The van der Waals surface area contributed by atoms with Crippen molar-refractivity contribution >= 4 is 5.97 Å². The summed E-state index contributed by atoms with van der Waals surface area (Å²) in [6.45, 7) is 3.34. The number of hydrogen-bond donors (Lipinski definition) is 1. The van der Waals surface area contributed by atoms with Gasteiger partial charge in [-0.15, -0.1) is 5.10 Å². The average molecular weight is 290 g/mol. The zero-order valence-electron chi connectivity index (χ0n) is 12.6. The number of aliphatic carboxylic acids is 1. The molecule has 4 saturated carbocycles. The van der Waals surface area contributed by atoms with Crippen molar-refractivity contribution in [2.24, 2.45) is 23.7 Å². The Morgan fingerprint density at radius 3 is 2.24 bits per heavy atom. The van der Waals surface area contributed by atoms with E-state index in [-0.39, 0.29) is 0 Å². The van der Waals surface area contributed by atoms with Crippen LogP contribution in [0.5, 0.6) is 0 Å². The smallest absolute Gasteiger partial charge is 0.331 e. The maximum Gasteiger partial charge on any atom is 0.331 e. The monoisotopic (exact) mass is 290 g/mol. The normalized spacial score (nSPS) is 37.9. The predicted molar refractivity (Wildman–Crippen MR) is 74.6 cm³/mol. The fourth-order valence-electron chi connectivity index (χ4n) is 5.24. The minimum Gasteiger partial charge on any atom is -0.479 e. The van der Waals surface area contributed by atoms with Gasteiger partial charge >= 0.3 is 5.97 Å². The van der Waals surface area contributed by atoms with Crippen LogP contribution in [0, 0.1) is 23.7 Å². The Hall–Kier alpha value is -1.46. The first-order valence-corrected chi connectivity index (χ1v) is 7.99. The summed E-state index contributed by atoms with van der Waals surface area (Å²) in [5.41, 5.74) is -1.09. The van der Waals surface area contributed by atoms with Crippen molar-refractivity contribution in [1.29, 1.82) is 0 Å². The molecule has 1 N–H and O–H groups in total. The molecule has 5 rings (SSSR count). The van der Waals surface area contributed by atoms with Crippen molar-refractivity contribution in [3.8, 4) is 0 Å². The Morgan fingerprint density at radius 1 is 1.14 bits per heavy atom. The Labute approximate surface area is 123 Å². The number of tetrazole rings is 1. The number of hydrogen-bond acceptors (Lipinski definition) is 4. The van der Waals surface area contributed by atoms with Gasteiger partial charge in [0.15, 0.2) is 11.4 Å². The van der Waals surface area contributed by atoms with Crippen molar-refractivity contribution < 1.29 is 9.90 Å². The molecule has 6 nitrogen and oxygen atoms in total. The second-order valence-electron chi connectivity index (χ2n) is 7.77. The fraction of sp³-hybridized carbons (Fsp3) is 0.867. The van der Waals surface area contributed by atoms with E-state index in [1.807, 2.05) is 0 Å². The van der Waals surface area contributed by atoms with Gasteiger partial charge in [-0.3, -0.25) is 0 Å². The van der Waals surface area contributed by atoms with E-state index in [1.165, 1.54) is 32.1 Å². The molecule has 1 heterocycles. The molecule has 1 aromatic rings. The van der Waals surface area contributed by atoms with Crippen LogP contribution < -0.4 is 0 Å². The standard InChI is InChI=1S/C15H22N4O2/c1-15(2,14(20)21)19-13(16-17-18-19)12-10-4-8-3-9(6-10)7-11(12)5-8/h8-12H,3-7H2,1-2H3,(H,20,21). The molecule has 21 heavy (non-hydrogen) atoms. The van der Waals surface area contributed by atoms with Crippen LogP contribution in [0.3, 0.4) is 0 Å². The summed E-state index contributed by atoms with van der Waals surface area (Å²) in [7, 11) is 0. The molecule has 6 heteroatoms. The number of aromatic nitrogens is 4. The second kappa shape index (κ2) is 4.27. The molecule has 4 bridgehead atoms. The van der Waals surface area contributed by atoms with Crippen LogP contribution in [0.25, 0.3) is 0 Å². The van der Waals surface area contributed by atoms with Gasteiger partial charge in [-0.1, -0.05) is 0 Å². The van der Waals surface area contributed by atoms with Gasteiger partial charge in [0.25, 0.3) is 0 Å². The zero-order chi connectivity index (χ0) is 14.8. The van der Waals surface area contributed by atoms with Crippen LogP contribution in [0.2, 0.25) is 0 Å². The summed E-state index contributed by atoms with van der Waals surface area (Å²) >= 11 is 0. The van der Waals surface area contributed by atoms with Crippen LogP contribution >= 0.6 is 0 Å². The van der Waals surface area contributed by atoms with Crippen LogP contribution in [0.15, 0.2) is 0 Å². The van der Waals surface area contributed by atoms with Gasteiger partial charge in [0.1, 0.15) is 0 Å². The van der Waals surface area contributed by atoms with Gasteiger partial charge < -0.3 is 5.11 Å². The first kappa shape index (κ1) is 13.2. The predicted octanol–water partition coefficient (Wildman–Crippen LogP) is 2.03. The number of carboxylic acids is 1. The molecule has 1 aromatic heterocycles.